The maximum Gasteiger partial charge on any atom is 0.245 e. The minimum absolute atomic E-state index is 0.155. The molecule has 1 unspecified atom stereocenters. The predicted molar refractivity (Wildman–Crippen MR) is 88.1 cm³/mol. The molecule has 0 aromatic carbocycles. The minimum atomic E-state index is -0.245. The van der Waals surface area contributed by atoms with Gasteiger partial charge in [0, 0.05) is 44.1 Å². The molecule has 2 aliphatic heterocycles. The average Bonchev–Trinajstić information content (AvgIpc) is 2.95. The zero-order valence-electron chi connectivity index (χ0n) is 13.1. The summed E-state index contributed by atoms with van der Waals surface area (Å²) in [6.45, 7) is 7.13. The first-order valence-electron chi connectivity index (χ1n) is 8.12. The Hall–Kier alpha value is -0.950. The van der Waals surface area contributed by atoms with Gasteiger partial charge in [-0.25, -0.2) is 0 Å². The smallest absolute Gasteiger partial charge is 0.245 e. The quantitative estimate of drug-likeness (QED) is 0.871. The Bertz CT molecular complexity index is 505. The van der Waals surface area contributed by atoms with Crippen molar-refractivity contribution in [1.82, 2.24) is 15.1 Å². The molecule has 2 N–H and O–H groups in total. The summed E-state index contributed by atoms with van der Waals surface area (Å²) in [4.78, 5) is 18.6. The van der Waals surface area contributed by atoms with Crippen LogP contribution < -0.4 is 5.32 Å². The van der Waals surface area contributed by atoms with Crippen LogP contribution in [0.2, 0.25) is 0 Å². The van der Waals surface area contributed by atoms with Gasteiger partial charge in [-0.3, -0.25) is 9.69 Å². The van der Waals surface area contributed by atoms with E-state index in [-0.39, 0.29) is 18.1 Å². The fraction of sp³-hybridized carbons (Fsp3) is 0.688. The lowest BCUT2D eigenvalue weighted by Gasteiger charge is -2.38. The third kappa shape index (κ3) is 3.35. The molecule has 122 valence electrons. The highest BCUT2D eigenvalue weighted by Gasteiger charge is 2.35. The van der Waals surface area contributed by atoms with Crippen molar-refractivity contribution < 1.29 is 9.90 Å². The molecule has 2 saturated heterocycles. The zero-order valence-corrected chi connectivity index (χ0v) is 13.9. The number of aliphatic hydroxyl groups is 1. The number of aryl methyl sites for hydroxylation is 1. The lowest BCUT2D eigenvalue weighted by atomic mass is 10.0. The molecule has 6 heteroatoms. The standard InChI is InChI=1S/C16H25N3O2S/c1-12-4-11-22-15(12)14(18-9-5-17-6-10-18)16(21)19-7-2-13(20)3-8-19/h4,11,13-14,17,20H,2-3,5-10H2,1H3. The first-order chi connectivity index (χ1) is 10.7. The molecule has 0 spiro atoms. The van der Waals surface area contributed by atoms with Crippen LogP contribution in [-0.2, 0) is 4.79 Å². The normalized spacial score (nSPS) is 22.7. The molecule has 22 heavy (non-hydrogen) atoms. The number of hydrogen-bond acceptors (Lipinski definition) is 5. The summed E-state index contributed by atoms with van der Waals surface area (Å²) in [6, 6.07) is 1.94. The Balaban J connectivity index is 1.81. The number of carbonyl (C=O) groups excluding carboxylic acids is 1. The number of nitrogens with one attached hydrogen (secondary N) is 1. The van der Waals surface area contributed by atoms with Gasteiger partial charge >= 0.3 is 0 Å². The number of thiophene rings is 1. The zero-order chi connectivity index (χ0) is 15.5. The van der Waals surface area contributed by atoms with Crippen LogP contribution in [0.3, 0.4) is 0 Å². The van der Waals surface area contributed by atoms with E-state index in [9.17, 15) is 9.90 Å². The Morgan fingerprint density at radius 1 is 1.32 bits per heavy atom. The Morgan fingerprint density at radius 2 is 2.00 bits per heavy atom. The van der Waals surface area contributed by atoms with E-state index < -0.39 is 0 Å². The van der Waals surface area contributed by atoms with Gasteiger partial charge in [0.15, 0.2) is 0 Å². The van der Waals surface area contributed by atoms with E-state index in [1.165, 1.54) is 10.4 Å². The van der Waals surface area contributed by atoms with E-state index in [0.29, 0.717) is 25.9 Å². The van der Waals surface area contributed by atoms with Gasteiger partial charge < -0.3 is 15.3 Å². The van der Waals surface area contributed by atoms with Gasteiger partial charge in [-0.15, -0.1) is 11.3 Å². The van der Waals surface area contributed by atoms with Crippen molar-refractivity contribution in [2.75, 3.05) is 39.3 Å². The monoisotopic (exact) mass is 323 g/mol. The number of nitrogens with zero attached hydrogens (tertiary/aromatic N) is 2. The topological polar surface area (TPSA) is 55.8 Å². The number of amides is 1. The Labute approximate surface area is 135 Å². The highest BCUT2D eigenvalue weighted by atomic mass is 32.1. The average molecular weight is 323 g/mol. The van der Waals surface area contributed by atoms with Gasteiger partial charge in [-0.2, -0.15) is 0 Å². The number of piperidine rings is 1. The van der Waals surface area contributed by atoms with Gasteiger partial charge in [0.2, 0.25) is 5.91 Å². The van der Waals surface area contributed by atoms with Crippen molar-refractivity contribution in [2.45, 2.75) is 31.9 Å². The summed E-state index contributed by atoms with van der Waals surface area (Å²) >= 11 is 1.69. The van der Waals surface area contributed by atoms with Crippen molar-refractivity contribution in [3.05, 3.63) is 21.9 Å². The molecule has 1 amide bonds. The molecule has 0 radical (unpaired) electrons. The second-order valence-electron chi connectivity index (χ2n) is 6.21. The predicted octanol–water partition coefficient (Wildman–Crippen LogP) is 0.986. The molecule has 0 saturated carbocycles. The molecule has 1 atom stereocenters. The van der Waals surface area contributed by atoms with Crippen LogP contribution in [-0.4, -0.2) is 66.2 Å². The second kappa shape index (κ2) is 7.08. The van der Waals surface area contributed by atoms with E-state index in [4.69, 9.17) is 0 Å². The van der Waals surface area contributed by atoms with Crippen LogP contribution in [0.25, 0.3) is 0 Å². The molecule has 3 heterocycles. The molecular weight excluding hydrogens is 298 g/mol. The summed E-state index contributed by atoms with van der Waals surface area (Å²) in [6.07, 6.45) is 1.15. The van der Waals surface area contributed by atoms with E-state index >= 15 is 0 Å². The number of piperazine rings is 1. The lowest BCUT2D eigenvalue weighted by molar-refractivity contribution is -0.139. The van der Waals surface area contributed by atoms with Crippen LogP contribution in [0.15, 0.2) is 11.4 Å². The van der Waals surface area contributed by atoms with Gasteiger partial charge in [0.1, 0.15) is 6.04 Å². The lowest BCUT2D eigenvalue weighted by Crippen LogP contribution is -2.51. The molecule has 1 aromatic heterocycles. The number of likely N-dealkylation sites (tertiary alicyclic amines) is 1. The molecule has 3 rings (SSSR count). The van der Waals surface area contributed by atoms with Crippen molar-refractivity contribution in [1.29, 1.82) is 0 Å². The highest BCUT2D eigenvalue weighted by molar-refractivity contribution is 7.10. The number of aliphatic hydroxyl groups excluding tert-OH is 1. The maximum absolute atomic E-state index is 13.1. The van der Waals surface area contributed by atoms with Crippen LogP contribution >= 0.6 is 11.3 Å². The minimum Gasteiger partial charge on any atom is -0.393 e. The summed E-state index contributed by atoms with van der Waals surface area (Å²) in [5.41, 5.74) is 1.21. The SMILES string of the molecule is Cc1ccsc1C(C(=O)N1CCC(O)CC1)N1CCNCC1. The first-order valence-corrected chi connectivity index (χ1v) is 9.00. The van der Waals surface area contributed by atoms with Gasteiger partial charge in [-0.1, -0.05) is 0 Å². The van der Waals surface area contributed by atoms with Crippen molar-refractivity contribution in [3.8, 4) is 0 Å². The summed E-state index contributed by atoms with van der Waals surface area (Å²) < 4.78 is 0. The van der Waals surface area contributed by atoms with Crippen LogP contribution in [0.5, 0.6) is 0 Å². The number of hydrogen-bond donors (Lipinski definition) is 2. The third-order valence-corrected chi connectivity index (χ3v) is 5.75. The van der Waals surface area contributed by atoms with Gasteiger partial charge in [-0.05, 0) is 36.8 Å². The molecular formula is C16H25N3O2S. The first kappa shape index (κ1) is 15.9. The molecule has 2 aliphatic rings. The Morgan fingerprint density at radius 3 is 2.59 bits per heavy atom. The summed E-state index contributed by atoms with van der Waals surface area (Å²) in [5, 5.41) is 15.1. The fourth-order valence-electron chi connectivity index (χ4n) is 3.30. The van der Waals surface area contributed by atoms with E-state index in [1.54, 1.807) is 11.3 Å². The fourth-order valence-corrected chi connectivity index (χ4v) is 4.35. The van der Waals surface area contributed by atoms with E-state index in [1.807, 2.05) is 4.90 Å². The van der Waals surface area contributed by atoms with E-state index in [2.05, 4.69) is 28.6 Å². The van der Waals surface area contributed by atoms with Crippen molar-refractivity contribution >= 4 is 17.2 Å². The largest absolute Gasteiger partial charge is 0.393 e. The second-order valence-corrected chi connectivity index (χ2v) is 7.16. The van der Waals surface area contributed by atoms with Gasteiger partial charge in [0.05, 0.1) is 6.10 Å². The Kier molecular flexibility index (Phi) is 5.13. The molecule has 1 aromatic rings. The highest BCUT2D eigenvalue weighted by Crippen LogP contribution is 2.31. The van der Waals surface area contributed by atoms with Gasteiger partial charge in [0.25, 0.3) is 0 Å². The summed E-state index contributed by atoms with van der Waals surface area (Å²) in [7, 11) is 0. The van der Waals surface area contributed by atoms with Crippen molar-refractivity contribution in [3.63, 3.8) is 0 Å². The third-order valence-electron chi connectivity index (χ3n) is 4.68. The maximum atomic E-state index is 13.1. The molecule has 0 bridgehead atoms. The van der Waals surface area contributed by atoms with E-state index in [0.717, 1.165) is 26.2 Å². The molecule has 2 fully saturated rings. The molecule has 5 nitrogen and oxygen atoms in total. The van der Waals surface area contributed by atoms with Crippen LogP contribution in [0.1, 0.15) is 29.3 Å². The number of rotatable bonds is 3. The van der Waals surface area contributed by atoms with Crippen molar-refractivity contribution in [2.24, 2.45) is 0 Å². The molecule has 0 aliphatic carbocycles. The van der Waals surface area contributed by atoms with Crippen LogP contribution in [0, 0.1) is 6.92 Å². The summed E-state index contributed by atoms with van der Waals surface area (Å²) in [5.74, 6) is 0.208. The number of carbonyl (C=O) groups is 1. The van der Waals surface area contributed by atoms with Crippen LogP contribution in [0.4, 0.5) is 0 Å².